The summed E-state index contributed by atoms with van der Waals surface area (Å²) in [5.74, 6) is -1.02. The zero-order valence-corrected chi connectivity index (χ0v) is 20.0. The molecule has 5 rings (SSSR count). The Bertz CT molecular complexity index is 1380. The second-order valence-electron chi connectivity index (χ2n) is 9.73. The number of ether oxygens (including phenoxy) is 1. The minimum Gasteiger partial charge on any atom is -0.458 e. The van der Waals surface area contributed by atoms with Gasteiger partial charge in [0.05, 0.1) is 11.2 Å². The highest BCUT2D eigenvalue weighted by Gasteiger charge is 2.45. The summed E-state index contributed by atoms with van der Waals surface area (Å²) >= 11 is 0. The summed E-state index contributed by atoms with van der Waals surface area (Å²) in [4.78, 5) is 29.8. The number of carbonyl (C=O) groups excluding carboxylic acids is 2. The third kappa shape index (κ3) is 3.04. The number of aliphatic hydroxyl groups is 1. The molecule has 2 heterocycles. The highest BCUT2D eigenvalue weighted by molar-refractivity contribution is 6.02. The fourth-order valence-corrected chi connectivity index (χ4v) is 5.72. The molecular formula is C28H28FNO4. The van der Waals surface area contributed by atoms with E-state index in [1.54, 1.807) is 13.0 Å². The first-order valence-electron chi connectivity index (χ1n) is 11.8. The standard InChI is InChI=1S/C28H28FNO4/c1-6-28(33)21(20(16(5)31)12-34-27(28)32)10-18-14(3)9-19-24-13(2)7-8-17-15(4)22(29)11-23(25(17)24)30-26(18)19/h10-11,13,33H,3,6-9,12H2,1-2,4-5H3/b18-10+/t13-,28-/m0/s1. The molecule has 0 fully saturated rings. The van der Waals surface area contributed by atoms with Gasteiger partial charge >= 0.3 is 5.97 Å². The Morgan fingerprint density at radius 1 is 1.41 bits per heavy atom. The lowest BCUT2D eigenvalue weighted by molar-refractivity contribution is -0.163. The SMILES string of the molecule is C=C1Cc2c(nc3cc(F)c(C)c4c3c2[C@@H](C)CC4)/C1=C/C1=C(C(C)=O)COC(=O)[C@]1(O)CC. The summed E-state index contributed by atoms with van der Waals surface area (Å²) in [6.45, 7) is 11.1. The van der Waals surface area contributed by atoms with Crippen LogP contribution in [-0.4, -0.2) is 34.1 Å². The zero-order valence-electron chi connectivity index (χ0n) is 20.0. The maximum absolute atomic E-state index is 14.8. The lowest BCUT2D eigenvalue weighted by atomic mass is 9.79. The largest absolute Gasteiger partial charge is 0.458 e. The molecule has 5 nitrogen and oxygen atoms in total. The van der Waals surface area contributed by atoms with Crippen molar-refractivity contribution in [3.05, 3.63) is 69.2 Å². The van der Waals surface area contributed by atoms with Gasteiger partial charge in [-0.25, -0.2) is 14.2 Å². The Hall–Kier alpha value is -3.12. The van der Waals surface area contributed by atoms with Crippen LogP contribution < -0.4 is 0 Å². The van der Waals surface area contributed by atoms with Gasteiger partial charge in [-0.2, -0.15) is 0 Å². The predicted molar refractivity (Wildman–Crippen MR) is 128 cm³/mol. The molecule has 2 aromatic rings. The van der Waals surface area contributed by atoms with Crippen LogP contribution in [0.2, 0.25) is 0 Å². The Balaban J connectivity index is 1.82. The molecule has 0 saturated heterocycles. The monoisotopic (exact) mass is 461 g/mol. The third-order valence-corrected chi connectivity index (χ3v) is 7.77. The second kappa shape index (κ2) is 7.70. The van der Waals surface area contributed by atoms with Crippen LogP contribution in [0, 0.1) is 12.7 Å². The molecule has 0 amide bonds. The maximum atomic E-state index is 14.8. The number of pyridine rings is 1. The fourth-order valence-electron chi connectivity index (χ4n) is 5.72. The van der Waals surface area contributed by atoms with E-state index in [0.29, 0.717) is 28.8 Å². The minimum atomic E-state index is -1.93. The number of hydrogen-bond donors (Lipinski definition) is 1. The van der Waals surface area contributed by atoms with Crippen molar-refractivity contribution in [2.75, 3.05) is 6.61 Å². The number of fused-ring (bicyclic) bond motifs is 2. The number of hydrogen-bond acceptors (Lipinski definition) is 5. The molecule has 0 saturated carbocycles. The van der Waals surface area contributed by atoms with Gasteiger partial charge in [-0.05, 0) is 79.4 Å². The number of aryl methyl sites for hydroxylation is 1. The van der Waals surface area contributed by atoms with E-state index in [2.05, 4.69) is 13.5 Å². The molecule has 1 aromatic carbocycles. The van der Waals surface area contributed by atoms with E-state index in [9.17, 15) is 19.1 Å². The van der Waals surface area contributed by atoms with Gasteiger partial charge in [-0.15, -0.1) is 0 Å². The van der Waals surface area contributed by atoms with Gasteiger partial charge in [0.1, 0.15) is 12.4 Å². The van der Waals surface area contributed by atoms with Crippen LogP contribution in [0.1, 0.15) is 67.5 Å². The first-order valence-corrected chi connectivity index (χ1v) is 11.8. The van der Waals surface area contributed by atoms with Crippen molar-refractivity contribution in [3.63, 3.8) is 0 Å². The Labute approximate surface area is 198 Å². The summed E-state index contributed by atoms with van der Waals surface area (Å²) in [7, 11) is 0. The van der Waals surface area contributed by atoms with E-state index < -0.39 is 11.6 Å². The summed E-state index contributed by atoms with van der Waals surface area (Å²) < 4.78 is 19.9. The number of nitrogens with zero attached hydrogens (tertiary/aromatic N) is 1. The molecule has 1 N–H and O–H groups in total. The number of rotatable bonds is 3. The number of halogens is 1. The number of cyclic esters (lactones) is 1. The number of esters is 1. The number of Topliss-reactive ketones (excluding diaryl/α,β-unsaturated/α-hetero) is 1. The number of carbonyl (C=O) groups is 2. The lowest BCUT2D eigenvalue weighted by Gasteiger charge is -2.32. The van der Waals surface area contributed by atoms with Crippen molar-refractivity contribution >= 4 is 28.2 Å². The molecule has 1 aromatic heterocycles. The summed E-state index contributed by atoms with van der Waals surface area (Å²) in [5.41, 5.74) is 5.27. The molecule has 2 atom stereocenters. The van der Waals surface area contributed by atoms with Crippen molar-refractivity contribution in [2.45, 2.75) is 64.9 Å². The van der Waals surface area contributed by atoms with Crippen LogP contribution in [0.15, 0.2) is 35.4 Å². The first kappa shape index (κ1) is 22.7. The van der Waals surface area contributed by atoms with Gasteiger partial charge in [-0.1, -0.05) is 20.4 Å². The van der Waals surface area contributed by atoms with Crippen LogP contribution in [0.4, 0.5) is 4.39 Å². The van der Waals surface area contributed by atoms with Gasteiger partial charge in [0.25, 0.3) is 0 Å². The average molecular weight is 462 g/mol. The van der Waals surface area contributed by atoms with Gasteiger partial charge < -0.3 is 9.84 Å². The highest BCUT2D eigenvalue weighted by atomic mass is 19.1. The van der Waals surface area contributed by atoms with E-state index >= 15 is 0 Å². The molecule has 34 heavy (non-hydrogen) atoms. The Kier molecular flexibility index (Phi) is 5.13. The van der Waals surface area contributed by atoms with E-state index in [-0.39, 0.29) is 41.7 Å². The van der Waals surface area contributed by atoms with E-state index in [4.69, 9.17) is 9.72 Å². The first-order chi connectivity index (χ1) is 16.1. The van der Waals surface area contributed by atoms with Gasteiger partial charge in [-0.3, -0.25) is 4.79 Å². The van der Waals surface area contributed by atoms with Crippen molar-refractivity contribution < 1.29 is 23.8 Å². The van der Waals surface area contributed by atoms with E-state index in [1.807, 2.05) is 6.92 Å². The molecule has 6 heteroatoms. The topological polar surface area (TPSA) is 76.5 Å². The third-order valence-electron chi connectivity index (χ3n) is 7.77. The minimum absolute atomic E-state index is 0.0579. The molecule has 0 spiro atoms. The van der Waals surface area contributed by atoms with Crippen LogP contribution >= 0.6 is 0 Å². The quantitative estimate of drug-likeness (QED) is 0.664. The highest BCUT2D eigenvalue weighted by Crippen LogP contribution is 2.47. The molecule has 0 unspecified atom stereocenters. The normalized spacial score (nSPS) is 25.2. The molecule has 176 valence electrons. The number of benzene rings is 1. The van der Waals surface area contributed by atoms with Crippen molar-refractivity contribution in [3.8, 4) is 0 Å². The van der Waals surface area contributed by atoms with Crippen molar-refractivity contribution in [2.24, 2.45) is 0 Å². The lowest BCUT2D eigenvalue weighted by Crippen LogP contribution is -2.46. The fraction of sp³-hybridized carbons (Fsp3) is 0.393. The molecule has 0 bridgehead atoms. The molecule has 0 radical (unpaired) electrons. The Morgan fingerprint density at radius 2 is 2.15 bits per heavy atom. The van der Waals surface area contributed by atoms with Crippen LogP contribution in [0.5, 0.6) is 0 Å². The van der Waals surface area contributed by atoms with Crippen molar-refractivity contribution in [1.82, 2.24) is 4.98 Å². The summed E-state index contributed by atoms with van der Waals surface area (Å²) in [6.07, 6.45) is 4.06. The smallest absolute Gasteiger partial charge is 0.343 e. The maximum Gasteiger partial charge on any atom is 0.343 e. The molecule has 1 aliphatic heterocycles. The number of ketones is 1. The number of aromatic nitrogens is 1. The predicted octanol–water partition coefficient (Wildman–Crippen LogP) is 4.81. The van der Waals surface area contributed by atoms with E-state index in [0.717, 1.165) is 34.9 Å². The Morgan fingerprint density at radius 3 is 2.82 bits per heavy atom. The van der Waals surface area contributed by atoms with Crippen LogP contribution in [-0.2, 0) is 27.2 Å². The average Bonchev–Trinajstić information content (AvgIpc) is 3.10. The second-order valence-corrected chi connectivity index (χ2v) is 9.73. The van der Waals surface area contributed by atoms with E-state index in [1.165, 1.54) is 18.6 Å². The molecular weight excluding hydrogens is 433 g/mol. The van der Waals surface area contributed by atoms with Crippen LogP contribution in [0.3, 0.4) is 0 Å². The molecule has 3 aliphatic rings. The van der Waals surface area contributed by atoms with Gasteiger partial charge in [0.2, 0.25) is 0 Å². The zero-order chi connectivity index (χ0) is 24.5. The number of allylic oxidation sites excluding steroid dienone is 2. The van der Waals surface area contributed by atoms with Gasteiger partial charge in [0, 0.05) is 28.2 Å². The summed E-state index contributed by atoms with van der Waals surface area (Å²) in [6, 6.07) is 1.50. The van der Waals surface area contributed by atoms with Crippen LogP contribution in [0.25, 0.3) is 16.5 Å². The van der Waals surface area contributed by atoms with Crippen molar-refractivity contribution in [1.29, 1.82) is 0 Å². The molecule has 2 aliphatic carbocycles. The van der Waals surface area contributed by atoms with Gasteiger partial charge in [0.15, 0.2) is 11.4 Å². The summed E-state index contributed by atoms with van der Waals surface area (Å²) in [5, 5.41) is 12.3.